The van der Waals surface area contributed by atoms with Crippen LogP contribution < -0.4 is 10.1 Å². The second-order valence-corrected chi connectivity index (χ2v) is 5.80. The van der Waals surface area contributed by atoms with Crippen LogP contribution in [0.25, 0.3) is 0 Å². The first-order valence-corrected chi connectivity index (χ1v) is 8.02. The molecule has 0 unspecified atom stereocenters. The third-order valence-corrected chi connectivity index (χ3v) is 4.51. The number of benzene rings is 1. The van der Waals surface area contributed by atoms with Crippen molar-refractivity contribution < 1.29 is 9.53 Å². The highest BCUT2D eigenvalue weighted by atomic mass is 16.5. The number of carbonyl (C=O) groups excluding carboxylic acids is 1. The van der Waals surface area contributed by atoms with Crippen molar-refractivity contribution in [2.75, 3.05) is 19.0 Å². The molecule has 1 aliphatic rings. The molecule has 1 aliphatic heterocycles. The first-order valence-electron chi connectivity index (χ1n) is 8.02. The zero-order valence-corrected chi connectivity index (χ0v) is 13.9. The summed E-state index contributed by atoms with van der Waals surface area (Å²) < 4.78 is 7.62. The van der Waals surface area contributed by atoms with Crippen molar-refractivity contribution in [2.45, 2.75) is 32.9 Å². The van der Waals surface area contributed by atoms with Crippen molar-refractivity contribution in [3.8, 4) is 5.75 Å². The molecule has 0 aliphatic carbocycles. The fraction of sp³-hybridized carbons (Fsp3) is 0.389. The van der Waals surface area contributed by atoms with Crippen molar-refractivity contribution in [1.82, 2.24) is 9.47 Å². The van der Waals surface area contributed by atoms with Crippen LogP contribution in [-0.2, 0) is 6.54 Å². The molecule has 5 heteroatoms. The number of aryl methyl sites for hydroxylation is 1. The number of aromatic nitrogens is 1. The van der Waals surface area contributed by atoms with E-state index in [9.17, 15) is 4.79 Å². The number of rotatable bonds is 3. The van der Waals surface area contributed by atoms with E-state index in [1.54, 1.807) is 7.11 Å². The van der Waals surface area contributed by atoms with Gasteiger partial charge in [-0.05, 0) is 37.6 Å². The maximum atomic E-state index is 12.8. The molecule has 2 heterocycles. The molecule has 3 rings (SSSR count). The molecule has 1 aromatic heterocycles. The minimum atomic E-state index is -0.0774. The molecular formula is C18H23N3O2. The quantitative estimate of drug-likeness (QED) is 0.936. The molecule has 5 nitrogen and oxygen atoms in total. The summed E-state index contributed by atoms with van der Waals surface area (Å²) in [7, 11) is 1.61. The number of nitrogens with zero attached hydrogens (tertiary/aromatic N) is 2. The Kier molecular flexibility index (Phi) is 4.28. The SMILES string of the molecule is CC[C@H]1c2ccc(C)n2CCN1C(=O)Nc1ccccc1OC. The molecule has 1 aromatic carbocycles. The van der Waals surface area contributed by atoms with E-state index in [2.05, 4.69) is 35.9 Å². The zero-order valence-electron chi connectivity index (χ0n) is 13.9. The lowest BCUT2D eigenvalue weighted by atomic mass is 10.1. The lowest BCUT2D eigenvalue weighted by molar-refractivity contribution is 0.165. The average molecular weight is 313 g/mol. The number of fused-ring (bicyclic) bond motifs is 1. The largest absolute Gasteiger partial charge is 0.495 e. The predicted octanol–water partition coefficient (Wildman–Crippen LogP) is 3.80. The van der Waals surface area contributed by atoms with Crippen LogP contribution in [0.2, 0.25) is 0 Å². The van der Waals surface area contributed by atoms with Crippen LogP contribution in [-0.4, -0.2) is 29.2 Å². The molecule has 122 valence electrons. The van der Waals surface area contributed by atoms with Gasteiger partial charge in [0.2, 0.25) is 0 Å². The lowest BCUT2D eigenvalue weighted by Gasteiger charge is -2.37. The molecule has 2 amide bonds. The first-order chi connectivity index (χ1) is 11.2. The monoisotopic (exact) mass is 313 g/mol. The van der Waals surface area contributed by atoms with Crippen LogP contribution in [0.4, 0.5) is 10.5 Å². The van der Waals surface area contributed by atoms with Crippen LogP contribution in [0.5, 0.6) is 5.75 Å². The predicted molar refractivity (Wildman–Crippen MR) is 90.9 cm³/mol. The van der Waals surface area contributed by atoms with Gasteiger partial charge in [0, 0.05) is 24.5 Å². The molecule has 0 saturated heterocycles. The Labute approximate surface area is 136 Å². The summed E-state index contributed by atoms with van der Waals surface area (Å²) in [6, 6.07) is 11.8. The van der Waals surface area contributed by atoms with Gasteiger partial charge in [-0.15, -0.1) is 0 Å². The molecule has 1 N–H and O–H groups in total. The highest BCUT2D eigenvalue weighted by Gasteiger charge is 2.30. The number of hydrogen-bond acceptors (Lipinski definition) is 2. The van der Waals surface area contributed by atoms with Gasteiger partial charge in [-0.25, -0.2) is 4.79 Å². The standard InChI is InChI=1S/C18H23N3O2/c1-4-15-16-10-9-13(2)20(16)11-12-21(15)18(22)19-14-7-5-6-8-17(14)23-3/h5-10,15H,4,11-12H2,1-3H3,(H,19,22)/t15-/m0/s1. The second kappa shape index (κ2) is 6.36. The van der Waals surface area contributed by atoms with Crippen LogP contribution in [0.3, 0.4) is 0 Å². The summed E-state index contributed by atoms with van der Waals surface area (Å²) in [5, 5.41) is 2.99. The number of methoxy groups -OCH3 is 1. The van der Waals surface area contributed by atoms with E-state index >= 15 is 0 Å². The van der Waals surface area contributed by atoms with Crippen molar-refractivity contribution in [3.63, 3.8) is 0 Å². The van der Waals surface area contributed by atoms with E-state index in [1.165, 1.54) is 11.4 Å². The number of carbonyl (C=O) groups is 1. The third kappa shape index (κ3) is 2.79. The number of para-hydroxylation sites is 2. The van der Waals surface area contributed by atoms with E-state index in [1.807, 2.05) is 29.2 Å². The number of amides is 2. The number of anilines is 1. The maximum absolute atomic E-state index is 12.8. The summed E-state index contributed by atoms with van der Waals surface area (Å²) in [4.78, 5) is 14.7. The van der Waals surface area contributed by atoms with Gasteiger partial charge in [-0.1, -0.05) is 19.1 Å². The Morgan fingerprint density at radius 3 is 2.78 bits per heavy atom. The highest BCUT2D eigenvalue weighted by Crippen LogP contribution is 2.31. The minimum Gasteiger partial charge on any atom is -0.495 e. The smallest absolute Gasteiger partial charge is 0.322 e. The first kappa shape index (κ1) is 15.5. The Bertz CT molecular complexity index is 708. The molecule has 0 spiro atoms. The molecule has 23 heavy (non-hydrogen) atoms. The second-order valence-electron chi connectivity index (χ2n) is 5.80. The van der Waals surface area contributed by atoms with Gasteiger partial charge >= 0.3 is 6.03 Å². The van der Waals surface area contributed by atoms with Crippen LogP contribution >= 0.6 is 0 Å². The van der Waals surface area contributed by atoms with Crippen molar-refractivity contribution in [1.29, 1.82) is 0 Å². The van der Waals surface area contributed by atoms with E-state index in [-0.39, 0.29) is 12.1 Å². The third-order valence-electron chi connectivity index (χ3n) is 4.51. The maximum Gasteiger partial charge on any atom is 0.322 e. The fourth-order valence-electron chi connectivity index (χ4n) is 3.32. The normalized spacial score (nSPS) is 16.8. The van der Waals surface area contributed by atoms with Crippen LogP contribution in [0, 0.1) is 6.92 Å². The number of nitrogens with one attached hydrogen (secondary N) is 1. The Morgan fingerprint density at radius 2 is 2.04 bits per heavy atom. The van der Waals surface area contributed by atoms with Gasteiger partial charge in [-0.3, -0.25) is 0 Å². The number of urea groups is 1. The van der Waals surface area contributed by atoms with Crippen LogP contribution in [0.1, 0.15) is 30.8 Å². The molecule has 1 atom stereocenters. The highest BCUT2D eigenvalue weighted by molar-refractivity contribution is 5.91. The van der Waals surface area contributed by atoms with Gasteiger partial charge in [0.05, 0.1) is 18.8 Å². The van der Waals surface area contributed by atoms with Crippen molar-refractivity contribution in [2.24, 2.45) is 0 Å². The van der Waals surface area contributed by atoms with Crippen LogP contribution in [0.15, 0.2) is 36.4 Å². The summed E-state index contributed by atoms with van der Waals surface area (Å²) in [6.07, 6.45) is 0.892. The number of hydrogen-bond donors (Lipinski definition) is 1. The lowest BCUT2D eigenvalue weighted by Crippen LogP contribution is -2.44. The van der Waals surface area contributed by atoms with Gasteiger partial charge in [-0.2, -0.15) is 0 Å². The van der Waals surface area contributed by atoms with E-state index in [0.717, 1.165) is 13.0 Å². The van der Waals surface area contributed by atoms with Gasteiger partial charge < -0.3 is 19.5 Å². The molecule has 0 fully saturated rings. The fourth-order valence-corrected chi connectivity index (χ4v) is 3.32. The summed E-state index contributed by atoms with van der Waals surface area (Å²) in [6.45, 7) is 5.78. The minimum absolute atomic E-state index is 0.0774. The zero-order chi connectivity index (χ0) is 16.4. The Morgan fingerprint density at radius 1 is 1.26 bits per heavy atom. The molecule has 0 bridgehead atoms. The molecule has 0 radical (unpaired) electrons. The number of ether oxygens (including phenoxy) is 1. The van der Waals surface area contributed by atoms with Gasteiger partial charge in [0.25, 0.3) is 0 Å². The summed E-state index contributed by atoms with van der Waals surface area (Å²) >= 11 is 0. The summed E-state index contributed by atoms with van der Waals surface area (Å²) in [5.74, 6) is 0.671. The van der Waals surface area contributed by atoms with E-state index in [0.29, 0.717) is 18.0 Å². The van der Waals surface area contributed by atoms with Gasteiger partial charge in [0.1, 0.15) is 5.75 Å². The van der Waals surface area contributed by atoms with Crippen molar-refractivity contribution >= 4 is 11.7 Å². The molecular weight excluding hydrogens is 290 g/mol. The Hall–Kier alpha value is -2.43. The summed E-state index contributed by atoms with van der Waals surface area (Å²) in [5.41, 5.74) is 3.17. The van der Waals surface area contributed by atoms with Gasteiger partial charge in [0.15, 0.2) is 0 Å². The Balaban J connectivity index is 1.82. The average Bonchev–Trinajstić information content (AvgIpc) is 2.95. The molecule has 2 aromatic rings. The van der Waals surface area contributed by atoms with Crippen molar-refractivity contribution in [3.05, 3.63) is 47.8 Å². The topological polar surface area (TPSA) is 46.5 Å². The molecule has 0 saturated carbocycles. The van der Waals surface area contributed by atoms with E-state index in [4.69, 9.17) is 4.74 Å². The van der Waals surface area contributed by atoms with E-state index < -0.39 is 0 Å².